The molecule has 0 radical (unpaired) electrons. The molecule has 0 spiro atoms. The zero-order valence-electron chi connectivity index (χ0n) is 22.1. The number of ether oxygens (including phenoxy) is 1. The van der Waals surface area contributed by atoms with E-state index in [9.17, 15) is 19.5 Å². The Hall–Kier alpha value is -1.93. The first-order valence-corrected chi connectivity index (χ1v) is 13.0. The van der Waals surface area contributed by atoms with Crippen LogP contribution >= 0.6 is 0 Å². The monoisotopic (exact) mass is 507 g/mol. The minimum absolute atomic E-state index is 0.0179. The van der Waals surface area contributed by atoms with E-state index in [-0.39, 0.29) is 48.5 Å². The Balaban J connectivity index is 1.80. The number of hydrogen-bond acceptors (Lipinski definition) is 6. The van der Waals surface area contributed by atoms with Gasteiger partial charge in [-0.25, -0.2) is 8.78 Å². The molecule has 3 fully saturated rings. The number of rotatable bonds is 6. The highest BCUT2D eigenvalue weighted by Gasteiger charge is 2.75. The molecule has 1 N–H and O–H groups in total. The molecule has 4 aliphatic carbocycles. The molecule has 0 amide bonds. The summed E-state index contributed by atoms with van der Waals surface area (Å²) in [7, 11) is 1.92. The summed E-state index contributed by atoms with van der Waals surface area (Å²) in [5, 5.41) is 11.6. The van der Waals surface area contributed by atoms with Gasteiger partial charge in [-0.15, -0.1) is 0 Å². The maximum absolute atomic E-state index is 17.4. The van der Waals surface area contributed by atoms with Gasteiger partial charge in [0.2, 0.25) is 0 Å². The van der Waals surface area contributed by atoms with E-state index in [1.807, 2.05) is 27.8 Å². The topological polar surface area (TPSA) is 83.9 Å². The van der Waals surface area contributed by atoms with Crippen molar-refractivity contribution in [1.82, 2.24) is 4.90 Å². The lowest BCUT2D eigenvalue weighted by Gasteiger charge is -2.63. The van der Waals surface area contributed by atoms with Crippen LogP contribution in [0.5, 0.6) is 0 Å². The number of carbonyl (C=O) groups is 3. The van der Waals surface area contributed by atoms with Crippen LogP contribution in [-0.2, 0) is 19.1 Å². The summed E-state index contributed by atoms with van der Waals surface area (Å²) in [5.41, 5.74) is -5.37. The number of hydrogen-bond donors (Lipinski definition) is 1. The third-order valence-corrected chi connectivity index (χ3v) is 10.3. The van der Waals surface area contributed by atoms with Crippen molar-refractivity contribution < 1.29 is 33.0 Å². The molecule has 200 valence electrons. The Bertz CT molecular complexity index is 1030. The number of aliphatic hydroxyl groups is 1. The van der Waals surface area contributed by atoms with Crippen LogP contribution in [0.4, 0.5) is 8.78 Å². The van der Waals surface area contributed by atoms with Gasteiger partial charge in [-0.3, -0.25) is 14.4 Å². The van der Waals surface area contributed by atoms with E-state index in [4.69, 9.17) is 4.74 Å². The number of aliphatic hydroxyl groups excluding tert-OH is 1. The Kier molecular flexibility index (Phi) is 6.65. The van der Waals surface area contributed by atoms with E-state index in [1.165, 1.54) is 25.2 Å². The quantitative estimate of drug-likeness (QED) is 0.551. The van der Waals surface area contributed by atoms with Crippen molar-refractivity contribution in [1.29, 1.82) is 0 Å². The van der Waals surface area contributed by atoms with Crippen molar-refractivity contribution in [2.75, 3.05) is 20.2 Å². The van der Waals surface area contributed by atoms with E-state index in [2.05, 4.69) is 4.90 Å². The van der Waals surface area contributed by atoms with Crippen molar-refractivity contribution in [3.05, 3.63) is 23.8 Å². The molecule has 1 unspecified atom stereocenters. The normalized spacial score (nSPS) is 43.6. The molecule has 36 heavy (non-hydrogen) atoms. The fourth-order valence-electron chi connectivity index (χ4n) is 8.04. The maximum Gasteiger partial charge on any atom is 0.303 e. The number of carbonyl (C=O) groups excluding carboxylic acids is 3. The number of Topliss-reactive ketones (excluding diaryl/α,β-unsaturated/α-hetero) is 1. The van der Waals surface area contributed by atoms with Crippen molar-refractivity contribution >= 4 is 17.5 Å². The highest BCUT2D eigenvalue weighted by atomic mass is 19.1. The van der Waals surface area contributed by atoms with Crippen LogP contribution in [0.2, 0.25) is 0 Å². The van der Waals surface area contributed by atoms with E-state index < -0.39 is 46.1 Å². The van der Waals surface area contributed by atoms with E-state index in [0.29, 0.717) is 19.4 Å². The largest absolute Gasteiger partial charge is 0.458 e. The Morgan fingerprint density at radius 2 is 1.94 bits per heavy atom. The van der Waals surface area contributed by atoms with E-state index in [0.717, 1.165) is 0 Å². The van der Waals surface area contributed by atoms with Gasteiger partial charge in [0.05, 0.1) is 11.5 Å². The fraction of sp³-hybridized carbons (Fsp3) is 0.750. The Labute approximate surface area is 212 Å². The van der Waals surface area contributed by atoms with Gasteiger partial charge >= 0.3 is 5.97 Å². The molecule has 8 heteroatoms. The molecular weight excluding hydrogens is 468 g/mol. The number of halogens is 2. The van der Waals surface area contributed by atoms with Gasteiger partial charge < -0.3 is 14.7 Å². The lowest BCUT2D eigenvalue weighted by Crippen LogP contribution is -2.70. The number of ketones is 2. The fourth-order valence-corrected chi connectivity index (χ4v) is 8.04. The smallest absolute Gasteiger partial charge is 0.303 e. The summed E-state index contributed by atoms with van der Waals surface area (Å²) in [5.74, 6) is -2.38. The van der Waals surface area contributed by atoms with Gasteiger partial charge in [-0.1, -0.05) is 13.0 Å². The number of fused-ring (bicyclic) bond motifs is 5. The number of alkyl halides is 2. The van der Waals surface area contributed by atoms with Gasteiger partial charge in [0.25, 0.3) is 0 Å². The molecule has 0 aromatic rings. The average Bonchev–Trinajstić information content (AvgIpc) is 3.08. The van der Waals surface area contributed by atoms with Crippen molar-refractivity contribution in [2.24, 2.45) is 28.1 Å². The first-order valence-electron chi connectivity index (χ1n) is 13.0. The van der Waals surface area contributed by atoms with E-state index in [1.54, 1.807) is 6.92 Å². The number of nitrogens with zero attached hydrogens (tertiary/aromatic N) is 1. The van der Waals surface area contributed by atoms with Crippen LogP contribution < -0.4 is 0 Å². The Morgan fingerprint density at radius 1 is 1.28 bits per heavy atom. The third-order valence-electron chi connectivity index (χ3n) is 10.3. The summed E-state index contributed by atoms with van der Waals surface area (Å²) >= 11 is 0. The summed E-state index contributed by atoms with van der Waals surface area (Å²) in [6.07, 6.45) is 1.70. The molecule has 4 rings (SSSR count). The highest BCUT2D eigenvalue weighted by molar-refractivity contribution is 6.01. The summed E-state index contributed by atoms with van der Waals surface area (Å²) < 4.78 is 38.1. The lowest BCUT2D eigenvalue weighted by atomic mass is 9.43. The van der Waals surface area contributed by atoms with Crippen LogP contribution in [-0.4, -0.2) is 71.7 Å². The van der Waals surface area contributed by atoms with Gasteiger partial charge in [0, 0.05) is 30.8 Å². The third kappa shape index (κ3) is 3.57. The Morgan fingerprint density at radius 3 is 2.56 bits per heavy atom. The standard InChI is InChI=1S/C28H39F2NO5/c1-16(2)31(6)15-27(24(35)14-36-17(3)32)10-8-19-20-12-22(29)21-11-18(33)7-9-25(21,4)28(20,30)23(34)13-26(19,27)5/h7,9,11,16,19-20,22-23,34H,8,10,12-15H2,1-6H3/t19?,20-,22-,23-,25-,26-,27-,28-/m0/s1. The molecular formula is C28H39F2NO5. The van der Waals surface area contributed by atoms with Crippen LogP contribution in [0.15, 0.2) is 23.8 Å². The summed E-state index contributed by atoms with van der Waals surface area (Å²) in [6, 6.07) is 0.126. The molecule has 0 aliphatic heterocycles. The second kappa shape index (κ2) is 8.83. The van der Waals surface area contributed by atoms with E-state index >= 15 is 8.78 Å². The minimum atomic E-state index is -2.18. The first kappa shape index (κ1) is 27.1. The lowest BCUT2D eigenvalue weighted by molar-refractivity contribution is -0.213. The predicted molar refractivity (Wildman–Crippen MR) is 130 cm³/mol. The van der Waals surface area contributed by atoms with Crippen LogP contribution in [0.3, 0.4) is 0 Å². The average molecular weight is 508 g/mol. The molecule has 0 aromatic heterocycles. The molecule has 8 atom stereocenters. The number of allylic oxidation sites excluding steroid dienone is 4. The van der Waals surface area contributed by atoms with Gasteiger partial charge in [-0.2, -0.15) is 0 Å². The van der Waals surface area contributed by atoms with Gasteiger partial charge in [-0.05, 0) is 82.6 Å². The molecule has 0 bridgehead atoms. The maximum atomic E-state index is 17.4. The molecule has 6 nitrogen and oxygen atoms in total. The minimum Gasteiger partial charge on any atom is -0.458 e. The first-order chi connectivity index (χ1) is 16.6. The zero-order chi connectivity index (χ0) is 26.8. The number of esters is 1. The molecule has 3 saturated carbocycles. The van der Waals surface area contributed by atoms with Crippen LogP contribution in [0, 0.1) is 28.1 Å². The highest BCUT2D eigenvalue weighted by Crippen LogP contribution is 2.72. The molecule has 0 saturated heterocycles. The second-order valence-corrected chi connectivity index (χ2v) is 12.2. The molecule has 0 heterocycles. The van der Waals surface area contributed by atoms with Crippen molar-refractivity contribution in [3.63, 3.8) is 0 Å². The van der Waals surface area contributed by atoms with Gasteiger partial charge in [0.15, 0.2) is 23.8 Å². The summed E-state index contributed by atoms with van der Waals surface area (Å²) in [6.45, 7) is 8.77. The van der Waals surface area contributed by atoms with Gasteiger partial charge in [0.1, 0.15) is 6.17 Å². The van der Waals surface area contributed by atoms with Crippen molar-refractivity contribution in [2.45, 2.75) is 84.3 Å². The van der Waals surface area contributed by atoms with Crippen molar-refractivity contribution in [3.8, 4) is 0 Å². The SMILES string of the molecule is CC(=O)OCC(=O)[C@@]1(CN(C)C(C)C)CCC2[C@@H]3C[C@H](F)C4=CC(=O)C=C[C@]4(C)[C@@]3(F)[C@@H](O)C[C@@]21C. The summed E-state index contributed by atoms with van der Waals surface area (Å²) in [4.78, 5) is 39.4. The molecule has 0 aromatic carbocycles. The second-order valence-electron chi connectivity index (χ2n) is 12.2. The van der Waals surface area contributed by atoms with Crippen LogP contribution in [0.1, 0.15) is 60.3 Å². The molecule has 4 aliphatic rings. The van der Waals surface area contributed by atoms with Crippen LogP contribution in [0.25, 0.3) is 0 Å². The zero-order valence-corrected chi connectivity index (χ0v) is 22.1. The predicted octanol–water partition coefficient (Wildman–Crippen LogP) is 3.76.